The largest absolute Gasteiger partial charge is 0.386 e. The van der Waals surface area contributed by atoms with Crippen LogP contribution in [0.4, 0.5) is 0 Å². The normalized spacial score (nSPS) is 21.9. The fraction of sp³-hybridized carbons (Fsp3) is 0.125. The quantitative estimate of drug-likeness (QED) is 0.496. The molecule has 1 heterocycles. The predicted molar refractivity (Wildman–Crippen MR) is 84.0 cm³/mol. The van der Waals surface area contributed by atoms with E-state index in [1.165, 1.54) is 0 Å². The summed E-state index contributed by atoms with van der Waals surface area (Å²) in [4.78, 5) is 0. The highest BCUT2D eigenvalue weighted by atomic mass is 15.2. The summed E-state index contributed by atoms with van der Waals surface area (Å²) in [5.74, 6) is 5.76. The van der Waals surface area contributed by atoms with Gasteiger partial charge in [-0.25, -0.2) is 0 Å². The minimum absolute atomic E-state index is 0.705. The molecule has 0 unspecified atom stereocenters. The Labute approximate surface area is 119 Å². The van der Waals surface area contributed by atoms with E-state index in [4.69, 9.17) is 5.84 Å². The third-order valence-electron chi connectivity index (χ3n) is 3.37. The van der Waals surface area contributed by atoms with Crippen LogP contribution in [0.25, 0.3) is 5.70 Å². The summed E-state index contributed by atoms with van der Waals surface area (Å²) in [6, 6.07) is 8.13. The van der Waals surface area contributed by atoms with Gasteiger partial charge in [-0.2, -0.15) is 0 Å². The molecule has 1 aliphatic rings. The maximum absolute atomic E-state index is 5.76. The predicted octanol–water partition coefficient (Wildman–Crippen LogP) is 1.77. The highest BCUT2D eigenvalue weighted by Gasteiger charge is 2.18. The van der Waals surface area contributed by atoms with Crippen LogP contribution in [-0.4, -0.2) is 7.05 Å². The zero-order valence-electron chi connectivity index (χ0n) is 11.7. The van der Waals surface area contributed by atoms with Gasteiger partial charge in [0.05, 0.1) is 11.4 Å². The van der Waals surface area contributed by atoms with Crippen molar-refractivity contribution in [3.63, 3.8) is 0 Å². The Hall–Kier alpha value is -2.46. The van der Waals surface area contributed by atoms with Gasteiger partial charge in [0.2, 0.25) is 0 Å². The van der Waals surface area contributed by atoms with Gasteiger partial charge in [0, 0.05) is 30.4 Å². The van der Waals surface area contributed by atoms with Crippen molar-refractivity contribution in [3.8, 4) is 0 Å². The summed E-state index contributed by atoms with van der Waals surface area (Å²) in [6.07, 6.45) is 3.58. The van der Waals surface area contributed by atoms with Crippen LogP contribution in [0.1, 0.15) is 11.1 Å². The SMILES string of the molecule is C=C/C1=C(C=C)/C(NC)=C(/NN)c2ccccc2CN1. The lowest BCUT2D eigenvalue weighted by Crippen LogP contribution is -2.29. The van der Waals surface area contributed by atoms with Crippen LogP contribution in [0.5, 0.6) is 0 Å². The van der Waals surface area contributed by atoms with Crippen molar-refractivity contribution in [2.75, 3.05) is 7.05 Å². The Balaban J connectivity index is 2.77. The van der Waals surface area contributed by atoms with Gasteiger partial charge in [-0.3, -0.25) is 5.84 Å². The van der Waals surface area contributed by atoms with E-state index >= 15 is 0 Å². The summed E-state index contributed by atoms with van der Waals surface area (Å²) in [7, 11) is 1.86. The maximum atomic E-state index is 5.76. The Morgan fingerprint density at radius 2 is 1.95 bits per heavy atom. The molecule has 0 aromatic heterocycles. The first-order valence-electron chi connectivity index (χ1n) is 6.47. The molecule has 0 bridgehead atoms. The van der Waals surface area contributed by atoms with E-state index in [1.807, 2.05) is 25.2 Å². The van der Waals surface area contributed by atoms with Gasteiger partial charge in [0.1, 0.15) is 0 Å². The van der Waals surface area contributed by atoms with Crippen LogP contribution in [0.15, 0.2) is 66.5 Å². The number of nitrogens with one attached hydrogen (secondary N) is 3. The van der Waals surface area contributed by atoms with E-state index < -0.39 is 0 Å². The second kappa shape index (κ2) is 6.12. The fourth-order valence-electron chi connectivity index (χ4n) is 2.41. The van der Waals surface area contributed by atoms with Crippen molar-refractivity contribution < 1.29 is 0 Å². The number of hydrogen-bond donors (Lipinski definition) is 4. The van der Waals surface area contributed by atoms with Gasteiger partial charge in [-0.1, -0.05) is 43.5 Å². The first-order chi connectivity index (χ1) is 9.76. The lowest BCUT2D eigenvalue weighted by Gasteiger charge is -2.24. The van der Waals surface area contributed by atoms with Crippen LogP contribution in [-0.2, 0) is 6.54 Å². The first kappa shape index (κ1) is 14.0. The molecular formula is C16H20N4. The number of benzene rings is 1. The van der Waals surface area contributed by atoms with Crippen LogP contribution >= 0.6 is 0 Å². The number of rotatable bonds is 4. The van der Waals surface area contributed by atoms with Gasteiger partial charge in [0.25, 0.3) is 0 Å². The van der Waals surface area contributed by atoms with E-state index in [2.05, 4.69) is 35.3 Å². The van der Waals surface area contributed by atoms with Gasteiger partial charge in [-0.05, 0) is 11.6 Å². The molecule has 0 saturated heterocycles. The van der Waals surface area contributed by atoms with E-state index in [1.54, 1.807) is 12.2 Å². The second-order valence-corrected chi connectivity index (χ2v) is 4.39. The third-order valence-corrected chi connectivity index (χ3v) is 3.37. The molecule has 4 nitrogen and oxygen atoms in total. The molecule has 1 aliphatic heterocycles. The Morgan fingerprint density at radius 1 is 1.20 bits per heavy atom. The van der Waals surface area contributed by atoms with Gasteiger partial charge in [0.15, 0.2) is 0 Å². The van der Waals surface area contributed by atoms with Crippen LogP contribution in [0.2, 0.25) is 0 Å². The van der Waals surface area contributed by atoms with Crippen molar-refractivity contribution in [1.29, 1.82) is 0 Å². The molecule has 20 heavy (non-hydrogen) atoms. The number of likely N-dealkylation sites (N-methyl/N-ethyl adjacent to an activating group) is 1. The minimum atomic E-state index is 0.705. The molecule has 1 aromatic rings. The van der Waals surface area contributed by atoms with Crippen LogP contribution in [0, 0.1) is 0 Å². The average Bonchev–Trinajstić information content (AvgIpc) is 2.48. The topological polar surface area (TPSA) is 62.1 Å². The molecule has 0 fully saturated rings. The standard InChI is InChI=1S/C16H20N4/c1-4-12-14(5-2)19-10-11-8-6-7-9-13(11)16(20-17)15(12)18-3/h4-9,18-20H,1-2,10,17H2,3H3/b14-12-,16-15-. The molecule has 0 spiro atoms. The fourth-order valence-corrected chi connectivity index (χ4v) is 2.41. The molecule has 0 atom stereocenters. The lowest BCUT2D eigenvalue weighted by molar-refractivity contribution is 0.804. The molecule has 0 saturated carbocycles. The van der Waals surface area contributed by atoms with Crippen molar-refractivity contribution in [1.82, 2.24) is 16.1 Å². The third kappa shape index (κ3) is 2.33. The maximum Gasteiger partial charge on any atom is 0.0801 e. The van der Waals surface area contributed by atoms with E-state index in [0.29, 0.717) is 6.54 Å². The molecule has 5 N–H and O–H groups in total. The lowest BCUT2D eigenvalue weighted by atomic mass is 9.97. The molecule has 2 rings (SSSR count). The molecule has 104 valence electrons. The summed E-state index contributed by atoms with van der Waals surface area (Å²) in [5, 5.41) is 6.58. The van der Waals surface area contributed by atoms with Crippen molar-refractivity contribution in [3.05, 3.63) is 77.7 Å². The molecule has 4 heteroatoms. The molecular weight excluding hydrogens is 248 g/mol. The van der Waals surface area contributed by atoms with Crippen LogP contribution < -0.4 is 21.9 Å². The Morgan fingerprint density at radius 3 is 2.55 bits per heavy atom. The number of fused-ring (bicyclic) bond motifs is 1. The monoisotopic (exact) mass is 268 g/mol. The van der Waals surface area contributed by atoms with Gasteiger partial charge in [-0.15, -0.1) is 0 Å². The molecule has 0 aliphatic carbocycles. The first-order valence-corrected chi connectivity index (χ1v) is 6.47. The highest BCUT2D eigenvalue weighted by molar-refractivity contribution is 5.74. The van der Waals surface area contributed by atoms with Crippen molar-refractivity contribution in [2.24, 2.45) is 5.84 Å². The summed E-state index contributed by atoms with van der Waals surface area (Å²) in [5.41, 5.74) is 8.63. The number of hydrogen-bond acceptors (Lipinski definition) is 4. The molecule has 0 amide bonds. The van der Waals surface area contributed by atoms with Crippen LogP contribution in [0.3, 0.4) is 0 Å². The molecule has 0 radical (unpaired) electrons. The van der Waals surface area contributed by atoms with Gasteiger partial charge >= 0.3 is 0 Å². The van der Waals surface area contributed by atoms with E-state index in [0.717, 1.165) is 33.8 Å². The highest BCUT2D eigenvalue weighted by Crippen LogP contribution is 2.27. The van der Waals surface area contributed by atoms with E-state index in [9.17, 15) is 0 Å². The number of allylic oxidation sites excluding steroid dienone is 2. The average molecular weight is 268 g/mol. The van der Waals surface area contributed by atoms with Crippen molar-refractivity contribution >= 4 is 5.70 Å². The second-order valence-electron chi connectivity index (χ2n) is 4.39. The Kier molecular flexibility index (Phi) is 4.27. The minimum Gasteiger partial charge on any atom is -0.386 e. The summed E-state index contributed by atoms with van der Waals surface area (Å²) in [6.45, 7) is 8.45. The molecule has 1 aromatic carbocycles. The van der Waals surface area contributed by atoms with Crippen molar-refractivity contribution in [2.45, 2.75) is 6.54 Å². The zero-order chi connectivity index (χ0) is 14.5. The number of nitrogens with two attached hydrogens (primary N) is 1. The number of hydrazine groups is 1. The summed E-state index contributed by atoms with van der Waals surface area (Å²) < 4.78 is 0. The van der Waals surface area contributed by atoms with E-state index in [-0.39, 0.29) is 0 Å². The zero-order valence-corrected chi connectivity index (χ0v) is 11.7. The smallest absolute Gasteiger partial charge is 0.0801 e. The summed E-state index contributed by atoms with van der Waals surface area (Å²) >= 11 is 0. The van der Waals surface area contributed by atoms with Gasteiger partial charge < -0.3 is 16.1 Å². The Bertz CT molecular complexity index is 596.